The molecule has 0 aromatic heterocycles. The number of benzene rings is 2. The SMILES string of the molecule is COc1ccc(C2CC(=O)C=C(Nc3ccccc3)C2)cc1. The molecule has 3 nitrogen and oxygen atoms in total. The van der Waals surface area contributed by atoms with E-state index in [1.165, 1.54) is 5.56 Å². The summed E-state index contributed by atoms with van der Waals surface area (Å²) in [6.45, 7) is 0. The molecule has 0 saturated heterocycles. The largest absolute Gasteiger partial charge is 0.497 e. The lowest BCUT2D eigenvalue weighted by molar-refractivity contribution is -0.115. The molecule has 1 atom stereocenters. The zero-order valence-electron chi connectivity index (χ0n) is 12.6. The van der Waals surface area contributed by atoms with Gasteiger partial charge in [-0.05, 0) is 42.2 Å². The lowest BCUT2D eigenvalue weighted by Crippen LogP contribution is -2.16. The number of anilines is 1. The topological polar surface area (TPSA) is 38.3 Å². The second-order valence-electron chi connectivity index (χ2n) is 5.51. The molecule has 0 fully saturated rings. The fraction of sp³-hybridized carbons (Fsp3) is 0.211. The van der Waals surface area contributed by atoms with E-state index in [1.807, 2.05) is 54.6 Å². The summed E-state index contributed by atoms with van der Waals surface area (Å²) in [7, 11) is 1.66. The van der Waals surface area contributed by atoms with Gasteiger partial charge in [-0.15, -0.1) is 0 Å². The Labute approximate surface area is 130 Å². The molecule has 0 spiro atoms. The third-order valence-corrected chi connectivity index (χ3v) is 3.92. The Hall–Kier alpha value is -2.55. The van der Waals surface area contributed by atoms with Crippen molar-refractivity contribution in [2.75, 3.05) is 12.4 Å². The molecule has 3 heteroatoms. The molecule has 1 N–H and O–H groups in total. The Morgan fingerprint density at radius 3 is 2.41 bits per heavy atom. The van der Waals surface area contributed by atoms with E-state index >= 15 is 0 Å². The fourth-order valence-corrected chi connectivity index (χ4v) is 2.80. The van der Waals surface area contributed by atoms with Crippen molar-refractivity contribution in [3.05, 3.63) is 71.9 Å². The van der Waals surface area contributed by atoms with Crippen LogP contribution >= 0.6 is 0 Å². The van der Waals surface area contributed by atoms with Gasteiger partial charge in [-0.2, -0.15) is 0 Å². The minimum absolute atomic E-state index is 0.172. The number of hydrogen-bond donors (Lipinski definition) is 1. The molecule has 1 aliphatic rings. The average Bonchev–Trinajstić information content (AvgIpc) is 2.55. The molecule has 1 unspecified atom stereocenters. The van der Waals surface area contributed by atoms with Crippen LogP contribution in [0.3, 0.4) is 0 Å². The van der Waals surface area contributed by atoms with E-state index in [4.69, 9.17) is 4.74 Å². The molecule has 0 saturated carbocycles. The smallest absolute Gasteiger partial charge is 0.158 e. The molecular formula is C19H19NO2. The predicted octanol–water partition coefficient (Wildman–Crippen LogP) is 4.14. The highest BCUT2D eigenvalue weighted by Gasteiger charge is 2.22. The van der Waals surface area contributed by atoms with Gasteiger partial charge in [0.05, 0.1) is 7.11 Å². The summed E-state index contributed by atoms with van der Waals surface area (Å²) >= 11 is 0. The Morgan fingerprint density at radius 2 is 1.73 bits per heavy atom. The summed E-state index contributed by atoms with van der Waals surface area (Å²) in [6, 6.07) is 17.9. The number of hydrogen-bond acceptors (Lipinski definition) is 3. The van der Waals surface area contributed by atoms with Crippen molar-refractivity contribution in [2.45, 2.75) is 18.8 Å². The van der Waals surface area contributed by atoms with Gasteiger partial charge in [0.1, 0.15) is 5.75 Å². The zero-order valence-corrected chi connectivity index (χ0v) is 12.6. The average molecular weight is 293 g/mol. The molecule has 0 bridgehead atoms. The summed E-state index contributed by atoms with van der Waals surface area (Å²) in [5.41, 5.74) is 3.16. The van der Waals surface area contributed by atoms with Crippen LogP contribution in [-0.4, -0.2) is 12.9 Å². The van der Waals surface area contributed by atoms with E-state index in [0.29, 0.717) is 6.42 Å². The minimum atomic E-state index is 0.172. The maximum Gasteiger partial charge on any atom is 0.158 e. The molecule has 0 heterocycles. The normalized spacial score (nSPS) is 17.8. The maximum absolute atomic E-state index is 12.0. The van der Waals surface area contributed by atoms with E-state index in [-0.39, 0.29) is 11.7 Å². The van der Waals surface area contributed by atoms with Gasteiger partial charge in [0.2, 0.25) is 0 Å². The van der Waals surface area contributed by atoms with Gasteiger partial charge in [0.15, 0.2) is 5.78 Å². The van der Waals surface area contributed by atoms with Crippen LogP contribution in [0.4, 0.5) is 5.69 Å². The number of ketones is 1. The summed E-state index contributed by atoms with van der Waals surface area (Å²) in [5, 5.41) is 3.35. The molecule has 0 radical (unpaired) electrons. The Kier molecular flexibility index (Phi) is 4.24. The number of allylic oxidation sites excluding steroid dienone is 2. The first kappa shape index (κ1) is 14.4. The number of methoxy groups -OCH3 is 1. The first-order valence-electron chi connectivity index (χ1n) is 7.44. The quantitative estimate of drug-likeness (QED) is 0.920. The van der Waals surface area contributed by atoms with Crippen LogP contribution in [0.15, 0.2) is 66.4 Å². The lowest BCUT2D eigenvalue weighted by Gasteiger charge is -2.23. The van der Waals surface area contributed by atoms with Gasteiger partial charge in [-0.1, -0.05) is 30.3 Å². The van der Waals surface area contributed by atoms with E-state index < -0.39 is 0 Å². The number of nitrogens with one attached hydrogen (secondary N) is 1. The third kappa shape index (κ3) is 3.37. The second kappa shape index (κ2) is 6.48. The van der Waals surface area contributed by atoms with Crippen molar-refractivity contribution in [3.63, 3.8) is 0 Å². The van der Waals surface area contributed by atoms with Crippen molar-refractivity contribution < 1.29 is 9.53 Å². The van der Waals surface area contributed by atoms with Gasteiger partial charge in [0, 0.05) is 23.9 Å². The highest BCUT2D eigenvalue weighted by atomic mass is 16.5. The summed E-state index contributed by atoms with van der Waals surface area (Å²) in [6.07, 6.45) is 3.13. The molecule has 1 aliphatic carbocycles. The monoisotopic (exact) mass is 293 g/mol. The molecule has 2 aromatic carbocycles. The van der Waals surface area contributed by atoms with Crippen LogP contribution in [0.2, 0.25) is 0 Å². The third-order valence-electron chi connectivity index (χ3n) is 3.92. The van der Waals surface area contributed by atoms with Crippen molar-refractivity contribution in [1.29, 1.82) is 0 Å². The van der Waals surface area contributed by atoms with E-state index in [1.54, 1.807) is 13.2 Å². The van der Waals surface area contributed by atoms with Crippen LogP contribution < -0.4 is 10.1 Å². The molecule has 2 aromatic rings. The number of rotatable bonds is 4. The van der Waals surface area contributed by atoms with Gasteiger partial charge < -0.3 is 10.1 Å². The Balaban J connectivity index is 1.75. The van der Waals surface area contributed by atoms with Crippen LogP contribution in [0.5, 0.6) is 5.75 Å². The molecule has 0 amide bonds. The number of para-hydroxylation sites is 1. The van der Waals surface area contributed by atoms with Crippen LogP contribution in [0.1, 0.15) is 24.3 Å². The zero-order chi connectivity index (χ0) is 15.4. The summed E-state index contributed by atoms with van der Waals surface area (Å²) in [4.78, 5) is 12.0. The van der Waals surface area contributed by atoms with Crippen LogP contribution in [-0.2, 0) is 4.79 Å². The molecular weight excluding hydrogens is 274 g/mol. The number of carbonyl (C=O) groups excluding carboxylic acids is 1. The van der Waals surface area contributed by atoms with Gasteiger partial charge in [0.25, 0.3) is 0 Å². The van der Waals surface area contributed by atoms with Crippen molar-refractivity contribution in [1.82, 2.24) is 0 Å². The highest BCUT2D eigenvalue weighted by Crippen LogP contribution is 2.32. The highest BCUT2D eigenvalue weighted by molar-refractivity contribution is 5.92. The maximum atomic E-state index is 12.0. The standard InChI is InChI=1S/C19H19NO2/c1-22-19-9-7-14(8-10-19)15-11-17(13-18(21)12-15)20-16-5-3-2-4-6-16/h2-10,13,15,20H,11-12H2,1H3. The number of ether oxygens (including phenoxy) is 1. The van der Waals surface area contributed by atoms with Crippen LogP contribution in [0, 0.1) is 0 Å². The fourth-order valence-electron chi connectivity index (χ4n) is 2.80. The van der Waals surface area contributed by atoms with Gasteiger partial charge >= 0.3 is 0 Å². The van der Waals surface area contributed by atoms with Crippen molar-refractivity contribution >= 4 is 11.5 Å². The Morgan fingerprint density at radius 1 is 1.00 bits per heavy atom. The van der Waals surface area contributed by atoms with E-state index in [0.717, 1.165) is 23.6 Å². The molecule has 3 rings (SSSR count). The molecule has 22 heavy (non-hydrogen) atoms. The molecule has 112 valence electrons. The first-order valence-corrected chi connectivity index (χ1v) is 7.44. The molecule has 0 aliphatic heterocycles. The van der Waals surface area contributed by atoms with E-state index in [2.05, 4.69) is 5.32 Å². The van der Waals surface area contributed by atoms with Gasteiger partial charge in [-0.25, -0.2) is 0 Å². The second-order valence-corrected chi connectivity index (χ2v) is 5.51. The minimum Gasteiger partial charge on any atom is -0.497 e. The first-order chi connectivity index (χ1) is 10.7. The summed E-state index contributed by atoms with van der Waals surface area (Å²) < 4.78 is 5.19. The van der Waals surface area contributed by atoms with Crippen molar-refractivity contribution in [3.8, 4) is 5.75 Å². The summed E-state index contributed by atoms with van der Waals surface area (Å²) in [5.74, 6) is 1.23. The number of carbonyl (C=O) groups is 1. The van der Waals surface area contributed by atoms with E-state index in [9.17, 15) is 4.79 Å². The lowest BCUT2D eigenvalue weighted by atomic mass is 9.85. The Bertz CT molecular complexity index is 674. The van der Waals surface area contributed by atoms with Crippen molar-refractivity contribution in [2.24, 2.45) is 0 Å². The predicted molar refractivity (Wildman–Crippen MR) is 88.1 cm³/mol. The van der Waals surface area contributed by atoms with Crippen LogP contribution in [0.25, 0.3) is 0 Å². The van der Waals surface area contributed by atoms with Gasteiger partial charge in [-0.3, -0.25) is 4.79 Å².